The summed E-state index contributed by atoms with van der Waals surface area (Å²) in [6.07, 6.45) is -0.407. The zero-order valence-corrected chi connectivity index (χ0v) is 13.2. The van der Waals surface area contributed by atoms with E-state index in [4.69, 9.17) is 0 Å². The molecule has 1 aliphatic carbocycles. The summed E-state index contributed by atoms with van der Waals surface area (Å²) in [6.45, 7) is 8.24. The van der Waals surface area contributed by atoms with Crippen LogP contribution in [0.1, 0.15) is 33.1 Å². The van der Waals surface area contributed by atoms with Crippen molar-refractivity contribution in [1.29, 1.82) is 0 Å². The molecule has 0 amide bonds. The molecule has 2 fully saturated rings. The van der Waals surface area contributed by atoms with E-state index >= 15 is 0 Å². The average Bonchev–Trinajstić information content (AvgIpc) is 3.21. The van der Waals surface area contributed by atoms with E-state index < -0.39 is 12.7 Å². The minimum atomic E-state index is -4.08. The molecule has 3 nitrogen and oxygen atoms in total. The maximum atomic E-state index is 12.4. The van der Waals surface area contributed by atoms with Crippen LogP contribution in [0.25, 0.3) is 0 Å². The Morgan fingerprint density at radius 1 is 1.00 bits per heavy atom. The van der Waals surface area contributed by atoms with Gasteiger partial charge >= 0.3 is 6.18 Å². The highest BCUT2D eigenvalue weighted by Gasteiger charge is 2.34. The van der Waals surface area contributed by atoms with E-state index in [1.165, 1.54) is 17.7 Å². The molecule has 21 heavy (non-hydrogen) atoms. The Labute approximate surface area is 125 Å². The Kier molecular flexibility index (Phi) is 5.54. The Bertz CT molecular complexity index is 323. The standard InChI is InChI=1S/C15H28F3N3/c1-3-14(2,10-19-13-4-5-13)11-20-6-8-21(9-7-20)12-15(16,17)18/h13,19H,3-12H2,1-2H3. The molecule has 6 heteroatoms. The number of alkyl halides is 3. The van der Waals surface area contributed by atoms with Crippen LogP contribution < -0.4 is 5.32 Å². The summed E-state index contributed by atoms with van der Waals surface area (Å²) >= 11 is 0. The number of nitrogens with zero attached hydrogens (tertiary/aromatic N) is 2. The van der Waals surface area contributed by atoms with Gasteiger partial charge in [-0.25, -0.2) is 0 Å². The monoisotopic (exact) mass is 307 g/mol. The van der Waals surface area contributed by atoms with Crippen LogP contribution in [0.5, 0.6) is 0 Å². The van der Waals surface area contributed by atoms with Crippen molar-refractivity contribution in [2.45, 2.75) is 45.3 Å². The van der Waals surface area contributed by atoms with Gasteiger partial charge in [-0.15, -0.1) is 0 Å². The van der Waals surface area contributed by atoms with Gasteiger partial charge in [0.25, 0.3) is 0 Å². The van der Waals surface area contributed by atoms with Gasteiger partial charge in [0.2, 0.25) is 0 Å². The molecule has 0 bridgehead atoms. The number of nitrogens with one attached hydrogen (secondary N) is 1. The zero-order valence-electron chi connectivity index (χ0n) is 13.2. The first-order chi connectivity index (χ1) is 9.80. The van der Waals surface area contributed by atoms with Crippen LogP contribution in [0.15, 0.2) is 0 Å². The smallest absolute Gasteiger partial charge is 0.313 e. The predicted molar refractivity (Wildman–Crippen MR) is 78.4 cm³/mol. The van der Waals surface area contributed by atoms with Gasteiger partial charge in [0.05, 0.1) is 6.54 Å². The Morgan fingerprint density at radius 2 is 1.52 bits per heavy atom. The molecule has 1 saturated heterocycles. The zero-order chi connectivity index (χ0) is 15.5. The maximum Gasteiger partial charge on any atom is 0.401 e. The highest BCUT2D eigenvalue weighted by molar-refractivity contribution is 4.87. The number of halogens is 3. The average molecular weight is 307 g/mol. The molecule has 0 aromatic heterocycles. The number of rotatable bonds is 7. The van der Waals surface area contributed by atoms with Gasteiger partial charge in [-0.2, -0.15) is 13.2 Å². The normalized spacial score (nSPS) is 25.0. The Morgan fingerprint density at radius 3 is 1.95 bits per heavy atom. The van der Waals surface area contributed by atoms with Crippen LogP contribution in [0.3, 0.4) is 0 Å². The maximum absolute atomic E-state index is 12.4. The van der Waals surface area contributed by atoms with Crippen LogP contribution >= 0.6 is 0 Å². The third-order valence-corrected chi connectivity index (χ3v) is 4.72. The summed E-state index contributed by atoms with van der Waals surface area (Å²) in [4.78, 5) is 3.84. The summed E-state index contributed by atoms with van der Waals surface area (Å²) in [7, 11) is 0. The third kappa shape index (κ3) is 6.12. The summed E-state index contributed by atoms with van der Waals surface area (Å²) < 4.78 is 37.1. The first-order valence-corrected chi connectivity index (χ1v) is 8.04. The number of hydrogen-bond acceptors (Lipinski definition) is 3. The molecule has 124 valence electrons. The summed E-state index contributed by atoms with van der Waals surface area (Å²) in [5.41, 5.74) is 0.217. The van der Waals surface area contributed by atoms with Crippen molar-refractivity contribution in [3.63, 3.8) is 0 Å². The van der Waals surface area contributed by atoms with E-state index in [1.807, 2.05) is 0 Å². The third-order valence-electron chi connectivity index (χ3n) is 4.72. The second kappa shape index (κ2) is 6.84. The van der Waals surface area contributed by atoms with Crippen molar-refractivity contribution in [1.82, 2.24) is 15.1 Å². The predicted octanol–water partition coefficient (Wildman–Crippen LogP) is 2.33. The van der Waals surface area contributed by atoms with E-state index in [-0.39, 0.29) is 5.41 Å². The topological polar surface area (TPSA) is 18.5 Å². The Hall–Kier alpha value is -0.330. The van der Waals surface area contributed by atoms with Crippen molar-refractivity contribution < 1.29 is 13.2 Å². The molecule has 1 atom stereocenters. The fourth-order valence-corrected chi connectivity index (χ4v) is 2.87. The van der Waals surface area contributed by atoms with Crippen molar-refractivity contribution in [3.8, 4) is 0 Å². The molecule has 2 aliphatic rings. The second-order valence-corrected chi connectivity index (χ2v) is 6.99. The molecule has 1 saturated carbocycles. The molecular formula is C15H28F3N3. The van der Waals surface area contributed by atoms with Crippen LogP contribution in [-0.2, 0) is 0 Å². The lowest BCUT2D eigenvalue weighted by Gasteiger charge is -2.40. The molecule has 1 heterocycles. The molecule has 1 unspecified atom stereocenters. The number of hydrogen-bond donors (Lipinski definition) is 1. The quantitative estimate of drug-likeness (QED) is 0.779. The van der Waals surface area contributed by atoms with Gasteiger partial charge in [0.15, 0.2) is 0 Å². The van der Waals surface area contributed by atoms with Crippen molar-refractivity contribution in [2.75, 3.05) is 45.8 Å². The van der Waals surface area contributed by atoms with E-state index in [2.05, 4.69) is 24.1 Å². The fourth-order valence-electron chi connectivity index (χ4n) is 2.87. The van der Waals surface area contributed by atoms with Gasteiger partial charge in [0, 0.05) is 45.3 Å². The summed E-state index contributed by atoms with van der Waals surface area (Å²) in [5, 5.41) is 3.59. The SMILES string of the molecule is CCC(C)(CNC1CC1)CN1CCN(CC(F)(F)F)CC1. The lowest BCUT2D eigenvalue weighted by Crippen LogP contribution is -2.52. The molecule has 1 N–H and O–H groups in total. The minimum absolute atomic E-state index is 0.217. The van der Waals surface area contributed by atoms with Crippen LogP contribution in [0.2, 0.25) is 0 Å². The highest BCUT2D eigenvalue weighted by atomic mass is 19.4. The molecule has 0 aromatic rings. The molecule has 1 aliphatic heterocycles. The van der Waals surface area contributed by atoms with Gasteiger partial charge in [-0.1, -0.05) is 13.8 Å². The molecule has 2 rings (SSSR count). The van der Waals surface area contributed by atoms with Crippen molar-refractivity contribution in [3.05, 3.63) is 0 Å². The highest BCUT2D eigenvalue weighted by Crippen LogP contribution is 2.26. The summed E-state index contributed by atoms with van der Waals surface area (Å²) in [5.74, 6) is 0. The first-order valence-electron chi connectivity index (χ1n) is 8.04. The number of piperazine rings is 1. The lowest BCUT2D eigenvalue weighted by atomic mass is 9.86. The molecule has 0 aromatic carbocycles. The molecular weight excluding hydrogens is 279 g/mol. The second-order valence-electron chi connectivity index (χ2n) is 6.99. The molecule has 0 radical (unpaired) electrons. The van der Waals surface area contributed by atoms with E-state index in [9.17, 15) is 13.2 Å². The molecule has 0 spiro atoms. The van der Waals surface area contributed by atoms with Gasteiger partial charge in [-0.05, 0) is 24.7 Å². The largest absolute Gasteiger partial charge is 0.401 e. The fraction of sp³-hybridized carbons (Fsp3) is 1.00. The van der Waals surface area contributed by atoms with Gasteiger partial charge < -0.3 is 10.2 Å². The summed E-state index contributed by atoms with van der Waals surface area (Å²) in [6, 6.07) is 0.708. The van der Waals surface area contributed by atoms with Crippen molar-refractivity contribution >= 4 is 0 Å². The van der Waals surface area contributed by atoms with Crippen molar-refractivity contribution in [2.24, 2.45) is 5.41 Å². The van der Waals surface area contributed by atoms with Crippen LogP contribution in [-0.4, -0.2) is 67.8 Å². The van der Waals surface area contributed by atoms with E-state index in [0.29, 0.717) is 19.1 Å². The Balaban J connectivity index is 1.72. The van der Waals surface area contributed by atoms with E-state index in [1.54, 1.807) is 0 Å². The van der Waals surface area contributed by atoms with Crippen LogP contribution in [0.4, 0.5) is 13.2 Å². The first kappa shape index (κ1) is 17.0. The van der Waals surface area contributed by atoms with Gasteiger partial charge in [-0.3, -0.25) is 4.90 Å². The van der Waals surface area contributed by atoms with Crippen LogP contribution in [0, 0.1) is 5.41 Å². The lowest BCUT2D eigenvalue weighted by molar-refractivity contribution is -0.149. The van der Waals surface area contributed by atoms with Gasteiger partial charge in [0.1, 0.15) is 0 Å². The van der Waals surface area contributed by atoms with E-state index in [0.717, 1.165) is 32.6 Å². The minimum Gasteiger partial charge on any atom is -0.313 e.